The molecule has 0 amide bonds. The first-order valence-electron chi connectivity index (χ1n) is 10.2. The van der Waals surface area contributed by atoms with Crippen LogP contribution in [0.15, 0.2) is 53.7 Å². The number of anilines is 2. The molecule has 0 fully saturated rings. The Hall–Kier alpha value is -3.84. The van der Waals surface area contributed by atoms with Crippen LogP contribution in [-0.2, 0) is 23.0 Å². The van der Waals surface area contributed by atoms with Gasteiger partial charge < -0.3 is 11.1 Å². The van der Waals surface area contributed by atoms with Gasteiger partial charge in [0.05, 0.1) is 29.0 Å². The summed E-state index contributed by atoms with van der Waals surface area (Å²) in [6.07, 6.45) is 4.59. The van der Waals surface area contributed by atoms with Gasteiger partial charge in [0.25, 0.3) is 10.0 Å². The first-order chi connectivity index (χ1) is 15.4. The Labute approximate surface area is 185 Å². The van der Waals surface area contributed by atoms with E-state index in [-0.39, 0.29) is 10.9 Å². The molecule has 0 saturated heterocycles. The SMILES string of the molecule is Cc1ccc(S(=O)(=O)n2ccc3c(N[C@@H]4CCc5cc(C#N)nn5C4)c(N)cnc32)cc1. The van der Waals surface area contributed by atoms with E-state index in [9.17, 15) is 8.42 Å². The van der Waals surface area contributed by atoms with Crippen molar-refractivity contribution in [2.24, 2.45) is 0 Å². The second-order valence-corrected chi connectivity index (χ2v) is 9.77. The number of nitrogen functional groups attached to an aromatic ring is 1. The predicted octanol–water partition coefficient (Wildman–Crippen LogP) is 2.66. The summed E-state index contributed by atoms with van der Waals surface area (Å²) >= 11 is 0. The van der Waals surface area contributed by atoms with E-state index in [4.69, 9.17) is 11.0 Å². The molecule has 32 heavy (non-hydrogen) atoms. The molecule has 0 unspecified atom stereocenters. The highest BCUT2D eigenvalue weighted by atomic mass is 32.2. The summed E-state index contributed by atoms with van der Waals surface area (Å²) in [6, 6.07) is 12.3. The zero-order valence-electron chi connectivity index (χ0n) is 17.4. The number of hydrogen-bond acceptors (Lipinski definition) is 7. The molecular formula is C22H21N7O2S. The van der Waals surface area contributed by atoms with Crippen LogP contribution >= 0.6 is 0 Å². The largest absolute Gasteiger partial charge is 0.396 e. The number of hydrogen-bond donors (Lipinski definition) is 2. The normalized spacial score (nSPS) is 15.9. The second-order valence-electron chi connectivity index (χ2n) is 7.95. The standard InChI is InChI=1S/C22H21N7O2S/c1-14-2-6-18(7-3-14)32(30,31)29-9-8-19-21(20(24)12-25-22(19)29)26-15-4-5-17-10-16(11-23)27-28(17)13-15/h2-3,6-10,12,15H,4-5,13,24H2,1H3,(H,25,26)/t15-/m1/s1. The molecule has 9 nitrogen and oxygen atoms in total. The van der Waals surface area contributed by atoms with Gasteiger partial charge in [0, 0.05) is 23.3 Å². The van der Waals surface area contributed by atoms with Gasteiger partial charge in [-0.2, -0.15) is 10.4 Å². The van der Waals surface area contributed by atoms with Crippen LogP contribution in [-0.4, -0.2) is 33.2 Å². The fourth-order valence-electron chi connectivity index (χ4n) is 4.07. The third-order valence-corrected chi connectivity index (χ3v) is 7.44. The van der Waals surface area contributed by atoms with E-state index in [1.165, 1.54) is 16.4 Å². The number of nitriles is 1. The van der Waals surface area contributed by atoms with Crippen molar-refractivity contribution in [3.63, 3.8) is 0 Å². The molecule has 10 heteroatoms. The molecule has 0 aliphatic carbocycles. The highest BCUT2D eigenvalue weighted by Gasteiger charge is 2.24. The maximum absolute atomic E-state index is 13.2. The third kappa shape index (κ3) is 3.27. The topological polar surface area (TPSA) is 132 Å². The fourth-order valence-corrected chi connectivity index (χ4v) is 5.37. The number of nitrogens with one attached hydrogen (secondary N) is 1. The lowest BCUT2D eigenvalue weighted by molar-refractivity contribution is 0.447. The molecule has 4 aromatic rings. The lowest BCUT2D eigenvalue weighted by Gasteiger charge is -2.26. The van der Waals surface area contributed by atoms with Crippen molar-refractivity contribution in [3.05, 3.63) is 65.7 Å². The van der Waals surface area contributed by atoms with Crippen molar-refractivity contribution in [1.82, 2.24) is 18.7 Å². The number of aryl methyl sites for hydroxylation is 2. The average molecular weight is 448 g/mol. The summed E-state index contributed by atoms with van der Waals surface area (Å²) < 4.78 is 29.4. The number of aromatic nitrogens is 4. The van der Waals surface area contributed by atoms with Crippen LogP contribution in [0.1, 0.15) is 23.4 Å². The maximum atomic E-state index is 13.2. The van der Waals surface area contributed by atoms with E-state index in [0.29, 0.717) is 34.6 Å². The summed E-state index contributed by atoms with van der Waals surface area (Å²) in [4.78, 5) is 4.51. The van der Waals surface area contributed by atoms with Crippen molar-refractivity contribution < 1.29 is 8.42 Å². The summed E-state index contributed by atoms with van der Waals surface area (Å²) in [5.41, 5.74) is 10.0. The van der Waals surface area contributed by atoms with Gasteiger partial charge in [0.15, 0.2) is 11.3 Å². The summed E-state index contributed by atoms with van der Waals surface area (Å²) in [6.45, 7) is 2.49. The Kier molecular flexibility index (Phi) is 4.64. The number of rotatable bonds is 4. The highest BCUT2D eigenvalue weighted by molar-refractivity contribution is 7.90. The molecular weight excluding hydrogens is 426 g/mol. The van der Waals surface area contributed by atoms with Crippen LogP contribution in [0.25, 0.3) is 11.0 Å². The van der Waals surface area contributed by atoms with E-state index in [0.717, 1.165) is 24.1 Å². The molecule has 1 aliphatic heterocycles. The van der Waals surface area contributed by atoms with Gasteiger partial charge in [-0.1, -0.05) is 17.7 Å². The van der Waals surface area contributed by atoms with E-state index in [1.54, 1.807) is 30.3 Å². The van der Waals surface area contributed by atoms with E-state index in [1.807, 2.05) is 17.7 Å². The quantitative estimate of drug-likeness (QED) is 0.491. The smallest absolute Gasteiger partial charge is 0.269 e. The summed E-state index contributed by atoms with van der Waals surface area (Å²) in [5.74, 6) is 0. The summed E-state index contributed by atoms with van der Waals surface area (Å²) in [7, 11) is -3.80. The first kappa shape index (κ1) is 20.1. The van der Waals surface area contributed by atoms with Crippen molar-refractivity contribution >= 4 is 32.4 Å². The van der Waals surface area contributed by atoms with E-state index in [2.05, 4.69) is 21.5 Å². The molecule has 0 radical (unpaired) electrons. The molecule has 3 N–H and O–H groups in total. The van der Waals surface area contributed by atoms with E-state index < -0.39 is 10.0 Å². The Morgan fingerprint density at radius 1 is 1.25 bits per heavy atom. The van der Waals surface area contributed by atoms with Crippen LogP contribution < -0.4 is 11.1 Å². The molecule has 0 spiro atoms. The van der Waals surface area contributed by atoms with E-state index >= 15 is 0 Å². The number of nitrogens with two attached hydrogens (primary N) is 1. The molecule has 1 aliphatic rings. The molecule has 162 valence electrons. The molecule has 1 atom stereocenters. The van der Waals surface area contributed by atoms with Gasteiger partial charge in [-0.3, -0.25) is 4.68 Å². The first-order valence-corrected chi connectivity index (χ1v) is 11.6. The van der Waals surface area contributed by atoms with Gasteiger partial charge in [-0.15, -0.1) is 0 Å². The predicted molar refractivity (Wildman–Crippen MR) is 121 cm³/mol. The molecule has 0 saturated carbocycles. The van der Waals surface area contributed by atoms with Crippen molar-refractivity contribution in [3.8, 4) is 6.07 Å². The molecule has 1 aromatic carbocycles. The Morgan fingerprint density at radius 3 is 2.78 bits per heavy atom. The number of fused-ring (bicyclic) bond motifs is 2. The van der Waals surface area contributed by atoms with Crippen LogP contribution in [0.2, 0.25) is 0 Å². The lowest BCUT2D eigenvalue weighted by atomic mass is 10.0. The van der Waals surface area contributed by atoms with Crippen molar-refractivity contribution in [2.75, 3.05) is 11.1 Å². The van der Waals surface area contributed by atoms with Crippen LogP contribution in [0.4, 0.5) is 11.4 Å². The van der Waals surface area contributed by atoms with Crippen molar-refractivity contribution in [1.29, 1.82) is 5.26 Å². The highest BCUT2D eigenvalue weighted by Crippen LogP contribution is 2.32. The number of nitrogens with zero attached hydrogens (tertiary/aromatic N) is 5. The Bertz CT molecular complexity index is 1480. The minimum Gasteiger partial charge on any atom is -0.396 e. The molecule has 4 heterocycles. The zero-order valence-corrected chi connectivity index (χ0v) is 18.2. The monoisotopic (exact) mass is 447 g/mol. The molecule has 5 rings (SSSR count). The van der Waals surface area contributed by atoms with Gasteiger partial charge in [0.1, 0.15) is 6.07 Å². The Morgan fingerprint density at radius 2 is 2.03 bits per heavy atom. The average Bonchev–Trinajstić information content (AvgIpc) is 3.40. The maximum Gasteiger partial charge on any atom is 0.269 e. The third-order valence-electron chi connectivity index (χ3n) is 5.76. The fraction of sp³-hybridized carbons (Fsp3) is 0.227. The van der Waals surface area contributed by atoms with Gasteiger partial charge in [0.2, 0.25) is 0 Å². The lowest BCUT2D eigenvalue weighted by Crippen LogP contribution is -2.32. The molecule has 0 bridgehead atoms. The van der Waals surface area contributed by atoms with Crippen LogP contribution in [0, 0.1) is 18.3 Å². The summed E-state index contributed by atoms with van der Waals surface area (Å²) in [5, 5.41) is 17.5. The van der Waals surface area contributed by atoms with Crippen LogP contribution in [0.5, 0.6) is 0 Å². The molecule has 3 aromatic heterocycles. The van der Waals surface area contributed by atoms with Gasteiger partial charge in [-0.05, 0) is 44.0 Å². The number of benzene rings is 1. The minimum atomic E-state index is -3.80. The van der Waals surface area contributed by atoms with Crippen LogP contribution in [0.3, 0.4) is 0 Å². The zero-order chi connectivity index (χ0) is 22.5. The Balaban J connectivity index is 1.50. The van der Waals surface area contributed by atoms with Crippen molar-refractivity contribution in [2.45, 2.75) is 37.2 Å². The minimum absolute atomic E-state index is 0.0268. The number of pyridine rings is 1. The van der Waals surface area contributed by atoms with Gasteiger partial charge >= 0.3 is 0 Å². The van der Waals surface area contributed by atoms with Gasteiger partial charge in [-0.25, -0.2) is 17.4 Å². The second kappa shape index (κ2) is 7.39.